The molecule has 2 aromatic carbocycles. The molecule has 1 aliphatic heterocycles. The second-order valence-corrected chi connectivity index (χ2v) is 8.58. The van der Waals surface area contributed by atoms with Crippen molar-refractivity contribution >= 4 is 11.3 Å². The second-order valence-electron chi connectivity index (χ2n) is 7.69. The Balaban J connectivity index is 1.44. The lowest BCUT2D eigenvalue weighted by Gasteiger charge is -2.28. The summed E-state index contributed by atoms with van der Waals surface area (Å²) in [7, 11) is 2.20. The van der Waals surface area contributed by atoms with Gasteiger partial charge in [-0.15, -0.1) is 11.3 Å². The van der Waals surface area contributed by atoms with Gasteiger partial charge in [-0.25, -0.2) is 10.4 Å². The number of hydrogen-bond donors (Lipinski definition) is 2. The highest BCUT2D eigenvalue weighted by Crippen LogP contribution is 2.30. The van der Waals surface area contributed by atoms with Gasteiger partial charge in [-0.3, -0.25) is 10.3 Å². The third kappa shape index (κ3) is 4.18. The molecule has 0 radical (unpaired) electrons. The van der Waals surface area contributed by atoms with Crippen molar-refractivity contribution in [2.75, 3.05) is 20.1 Å². The predicted octanol–water partition coefficient (Wildman–Crippen LogP) is 4.58. The number of thiazole rings is 1. The first-order chi connectivity index (χ1) is 13.6. The second kappa shape index (κ2) is 8.53. The Hall–Kier alpha value is -2.05. The monoisotopic (exact) mass is 392 g/mol. The van der Waals surface area contributed by atoms with Gasteiger partial charge in [0.2, 0.25) is 0 Å². The minimum atomic E-state index is 0.317. The van der Waals surface area contributed by atoms with Crippen LogP contribution < -0.4 is 10.9 Å². The molecule has 3 unspecified atom stereocenters. The van der Waals surface area contributed by atoms with Crippen LogP contribution in [0.1, 0.15) is 35.3 Å². The predicted molar refractivity (Wildman–Crippen MR) is 117 cm³/mol. The highest BCUT2D eigenvalue weighted by molar-refractivity contribution is 7.09. The van der Waals surface area contributed by atoms with E-state index in [-0.39, 0.29) is 0 Å². The van der Waals surface area contributed by atoms with Crippen LogP contribution in [-0.2, 0) is 0 Å². The molecular weight excluding hydrogens is 364 g/mol. The summed E-state index contributed by atoms with van der Waals surface area (Å²) in [4.78, 5) is 7.09. The molecule has 4 rings (SSSR count). The summed E-state index contributed by atoms with van der Waals surface area (Å²) in [5.74, 6) is 0.510. The van der Waals surface area contributed by atoms with Crippen molar-refractivity contribution in [3.05, 3.63) is 76.2 Å². The van der Waals surface area contributed by atoms with Crippen molar-refractivity contribution in [1.82, 2.24) is 20.7 Å². The third-order valence-corrected chi connectivity index (χ3v) is 6.78. The van der Waals surface area contributed by atoms with Crippen LogP contribution in [0.25, 0.3) is 11.1 Å². The van der Waals surface area contributed by atoms with E-state index in [1.54, 1.807) is 11.3 Å². The summed E-state index contributed by atoms with van der Waals surface area (Å²) in [6, 6.07) is 20.2. The van der Waals surface area contributed by atoms with Gasteiger partial charge < -0.3 is 0 Å². The lowest BCUT2D eigenvalue weighted by Crippen LogP contribution is -2.32. The van der Waals surface area contributed by atoms with Crippen LogP contribution in [0.3, 0.4) is 0 Å². The number of hydrazine groups is 1. The number of nitrogens with one attached hydrogen (secondary N) is 2. The molecule has 4 nitrogen and oxygen atoms in total. The van der Waals surface area contributed by atoms with Gasteiger partial charge in [-0.1, -0.05) is 54.6 Å². The van der Waals surface area contributed by atoms with Gasteiger partial charge in [0.15, 0.2) is 0 Å². The first-order valence-electron chi connectivity index (χ1n) is 9.88. The number of aryl methyl sites for hydroxylation is 1. The Kier molecular flexibility index (Phi) is 5.87. The van der Waals surface area contributed by atoms with Gasteiger partial charge >= 0.3 is 0 Å². The number of aromatic nitrogens is 1. The van der Waals surface area contributed by atoms with Crippen LogP contribution in [0.4, 0.5) is 0 Å². The zero-order valence-corrected chi connectivity index (χ0v) is 17.5. The molecule has 146 valence electrons. The molecule has 0 amide bonds. The maximum atomic E-state index is 4.67. The quantitative estimate of drug-likeness (QED) is 0.644. The summed E-state index contributed by atoms with van der Waals surface area (Å²) >= 11 is 1.76. The summed E-state index contributed by atoms with van der Waals surface area (Å²) in [5.41, 5.74) is 11.8. The first-order valence-corrected chi connectivity index (χ1v) is 10.8. The molecule has 0 bridgehead atoms. The maximum absolute atomic E-state index is 4.67. The summed E-state index contributed by atoms with van der Waals surface area (Å²) in [6.07, 6.45) is 0. The first kappa shape index (κ1) is 19.3. The number of rotatable bonds is 6. The van der Waals surface area contributed by atoms with Gasteiger partial charge in [0.25, 0.3) is 0 Å². The van der Waals surface area contributed by atoms with E-state index in [0.717, 1.165) is 18.8 Å². The minimum absolute atomic E-state index is 0.317. The van der Waals surface area contributed by atoms with E-state index < -0.39 is 0 Å². The highest BCUT2D eigenvalue weighted by Gasteiger charge is 2.30. The zero-order chi connectivity index (χ0) is 19.5. The van der Waals surface area contributed by atoms with Crippen molar-refractivity contribution in [2.45, 2.75) is 25.9 Å². The molecule has 1 saturated heterocycles. The molecule has 0 aliphatic carbocycles. The molecule has 0 saturated carbocycles. The van der Waals surface area contributed by atoms with E-state index in [9.17, 15) is 0 Å². The van der Waals surface area contributed by atoms with Crippen molar-refractivity contribution < 1.29 is 0 Å². The molecule has 2 heterocycles. The van der Waals surface area contributed by atoms with Crippen LogP contribution in [-0.4, -0.2) is 30.0 Å². The number of benzene rings is 2. The fourth-order valence-electron chi connectivity index (χ4n) is 3.86. The van der Waals surface area contributed by atoms with Crippen LogP contribution in [0.15, 0.2) is 60.0 Å². The van der Waals surface area contributed by atoms with Gasteiger partial charge in [0.1, 0.15) is 5.01 Å². The van der Waals surface area contributed by atoms with E-state index >= 15 is 0 Å². The third-order valence-electron chi connectivity index (χ3n) is 5.65. The molecular formula is C23H28N4S. The Morgan fingerprint density at radius 1 is 1.11 bits per heavy atom. The molecule has 1 fully saturated rings. The zero-order valence-electron chi connectivity index (χ0n) is 16.7. The molecule has 0 spiro atoms. The van der Waals surface area contributed by atoms with Gasteiger partial charge in [-0.2, -0.15) is 0 Å². The molecule has 28 heavy (non-hydrogen) atoms. The Morgan fingerprint density at radius 2 is 1.82 bits per heavy atom. The van der Waals surface area contributed by atoms with E-state index in [4.69, 9.17) is 0 Å². The topological polar surface area (TPSA) is 40.2 Å². The molecule has 1 aliphatic rings. The standard InChI is InChI=1S/C23H28N4S/c1-16-15-28-23(25-16)17(2)27(3)14-21-13-24-26-22(21)20-11-9-19(10-12-20)18-7-5-4-6-8-18/h4-12,15,17,21-22,24,26H,13-14H2,1-3H3. The Labute approximate surface area is 171 Å². The molecule has 2 N–H and O–H groups in total. The molecule has 5 heteroatoms. The van der Waals surface area contributed by atoms with Crippen LogP contribution in [0.2, 0.25) is 0 Å². The molecule has 1 aromatic heterocycles. The largest absolute Gasteiger partial charge is 0.297 e. The highest BCUT2D eigenvalue weighted by atomic mass is 32.1. The smallest absolute Gasteiger partial charge is 0.110 e. The van der Waals surface area contributed by atoms with Crippen molar-refractivity contribution in [3.63, 3.8) is 0 Å². The van der Waals surface area contributed by atoms with Crippen molar-refractivity contribution in [1.29, 1.82) is 0 Å². The van der Waals surface area contributed by atoms with Crippen LogP contribution in [0, 0.1) is 12.8 Å². The lowest BCUT2D eigenvalue weighted by atomic mass is 9.92. The van der Waals surface area contributed by atoms with E-state index in [2.05, 4.69) is 102 Å². The van der Waals surface area contributed by atoms with E-state index in [0.29, 0.717) is 18.0 Å². The van der Waals surface area contributed by atoms with Gasteiger partial charge in [-0.05, 0) is 37.6 Å². The van der Waals surface area contributed by atoms with Crippen LogP contribution >= 0.6 is 11.3 Å². The van der Waals surface area contributed by atoms with Gasteiger partial charge in [0.05, 0.1) is 12.1 Å². The number of hydrogen-bond acceptors (Lipinski definition) is 5. The summed E-state index contributed by atoms with van der Waals surface area (Å²) < 4.78 is 0. The van der Waals surface area contributed by atoms with Crippen LogP contribution in [0.5, 0.6) is 0 Å². The summed E-state index contributed by atoms with van der Waals surface area (Å²) in [5, 5.41) is 3.33. The number of nitrogens with zero attached hydrogens (tertiary/aromatic N) is 2. The average molecular weight is 393 g/mol. The SMILES string of the molecule is Cc1csc(C(C)N(C)CC2CNNC2c2ccc(-c3ccccc3)cc2)n1. The fourth-order valence-corrected chi connectivity index (χ4v) is 4.77. The van der Waals surface area contributed by atoms with Crippen molar-refractivity contribution in [3.8, 4) is 11.1 Å². The molecule has 3 atom stereocenters. The van der Waals surface area contributed by atoms with Gasteiger partial charge in [0, 0.05) is 30.1 Å². The minimum Gasteiger partial charge on any atom is -0.297 e. The van der Waals surface area contributed by atoms with E-state index in [1.165, 1.54) is 21.7 Å². The Bertz CT molecular complexity index is 890. The van der Waals surface area contributed by atoms with E-state index in [1.807, 2.05) is 0 Å². The lowest BCUT2D eigenvalue weighted by molar-refractivity contribution is 0.215. The Morgan fingerprint density at radius 3 is 2.50 bits per heavy atom. The average Bonchev–Trinajstić information content (AvgIpc) is 3.37. The normalized spacial score (nSPS) is 20.6. The maximum Gasteiger partial charge on any atom is 0.110 e. The molecule has 3 aromatic rings. The fraction of sp³-hybridized carbons (Fsp3) is 0.348. The van der Waals surface area contributed by atoms with Crippen molar-refractivity contribution in [2.24, 2.45) is 5.92 Å². The summed E-state index contributed by atoms with van der Waals surface area (Å²) in [6.45, 7) is 6.30.